The molecule has 0 bridgehead atoms. The molecule has 1 fully saturated rings. The van der Waals surface area contributed by atoms with Crippen LogP contribution in [0.5, 0.6) is 0 Å². The molecule has 0 aliphatic carbocycles. The average Bonchev–Trinajstić information content (AvgIpc) is 2.70. The maximum Gasteiger partial charge on any atom is 0.326 e. The Bertz CT molecular complexity index is 536. The number of nitro benzene ring substituents is 1. The number of aliphatic hydroxyl groups excluding tert-OH is 1. The van der Waals surface area contributed by atoms with E-state index in [2.05, 4.69) is 15.9 Å². The van der Waals surface area contributed by atoms with Gasteiger partial charge in [0, 0.05) is 23.5 Å². The SMILES string of the molecule is O=C(O)C1CC(O)CN1c1cc(Br)ccc1[N+](=O)[O-]. The fraction of sp³-hybridized carbons (Fsp3) is 0.364. The van der Waals surface area contributed by atoms with Crippen LogP contribution in [0.2, 0.25) is 0 Å². The van der Waals surface area contributed by atoms with Gasteiger partial charge in [0.2, 0.25) is 0 Å². The second-order valence-corrected chi connectivity index (χ2v) is 5.20. The Morgan fingerprint density at radius 2 is 2.21 bits per heavy atom. The molecule has 2 N–H and O–H groups in total. The third kappa shape index (κ3) is 2.69. The zero-order valence-corrected chi connectivity index (χ0v) is 11.3. The number of carbonyl (C=O) groups is 1. The van der Waals surface area contributed by atoms with E-state index in [0.29, 0.717) is 4.47 Å². The fourth-order valence-electron chi connectivity index (χ4n) is 2.20. The van der Waals surface area contributed by atoms with E-state index in [9.17, 15) is 20.0 Å². The van der Waals surface area contributed by atoms with Gasteiger partial charge in [0.05, 0.1) is 11.0 Å². The number of carboxylic acid groups (broad SMARTS) is 1. The van der Waals surface area contributed by atoms with Crippen molar-refractivity contribution in [2.24, 2.45) is 0 Å². The predicted octanol–water partition coefficient (Wildman–Crippen LogP) is 1.38. The number of nitro groups is 1. The Morgan fingerprint density at radius 1 is 1.53 bits per heavy atom. The molecular formula is C11H11BrN2O5. The van der Waals surface area contributed by atoms with Gasteiger partial charge in [-0.25, -0.2) is 4.79 Å². The van der Waals surface area contributed by atoms with Crippen LogP contribution < -0.4 is 4.90 Å². The monoisotopic (exact) mass is 330 g/mol. The van der Waals surface area contributed by atoms with Crippen molar-refractivity contribution >= 4 is 33.3 Å². The Morgan fingerprint density at radius 3 is 2.79 bits per heavy atom. The number of aliphatic carboxylic acids is 1. The van der Waals surface area contributed by atoms with Crippen molar-refractivity contribution in [1.82, 2.24) is 0 Å². The lowest BCUT2D eigenvalue weighted by Gasteiger charge is -2.23. The molecule has 0 spiro atoms. The van der Waals surface area contributed by atoms with Gasteiger partial charge in [-0.15, -0.1) is 0 Å². The lowest BCUT2D eigenvalue weighted by molar-refractivity contribution is -0.384. The molecule has 2 atom stereocenters. The zero-order valence-electron chi connectivity index (χ0n) is 9.69. The molecule has 8 heteroatoms. The Labute approximate surface area is 116 Å². The van der Waals surface area contributed by atoms with E-state index < -0.39 is 23.0 Å². The number of hydrogen-bond donors (Lipinski definition) is 2. The summed E-state index contributed by atoms with van der Waals surface area (Å²) in [7, 11) is 0. The van der Waals surface area contributed by atoms with Gasteiger partial charge in [0.25, 0.3) is 5.69 Å². The molecule has 0 aromatic heterocycles. The largest absolute Gasteiger partial charge is 0.480 e. The Hall–Kier alpha value is -1.67. The first-order chi connectivity index (χ1) is 8.90. The average molecular weight is 331 g/mol. The summed E-state index contributed by atoms with van der Waals surface area (Å²) in [5.41, 5.74) is 0.0203. The number of aliphatic hydroxyl groups is 1. The minimum Gasteiger partial charge on any atom is -0.480 e. The highest BCUT2D eigenvalue weighted by molar-refractivity contribution is 9.10. The van der Waals surface area contributed by atoms with E-state index in [1.165, 1.54) is 23.1 Å². The van der Waals surface area contributed by atoms with Gasteiger partial charge in [-0.2, -0.15) is 0 Å². The number of halogens is 1. The minimum absolute atomic E-state index is 0.0546. The number of β-amino-alcohol motifs (C(OH)–C–C–N with tert-alkyl or cyclic N) is 1. The second-order valence-electron chi connectivity index (χ2n) is 4.29. The van der Waals surface area contributed by atoms with Gasteiger partial charge in [-0.3, -0.25) is 10.1 Å². The summed E-state index contributed by atoms with van der Waals surface area (Å²) in [5, 5.41) is 29.7. The molecule has 1 aliphatic heterocycles. The van der Waals surface area contributed by atoms with E-state index in [1.54, 1.807) is 0 Å². The van der Waals surface area contributed by atoms with Crippen molar-refractivity contribution in [3.05, 3.63) is 32.8 Å². The maximum absolute atomic E-state index is 11.2. The summed E-state index contributed by atoms with van der Waals surface area (Å²) in [6.07, 6.45) is -0.751. The van der Waals surface area contributed by atoms with E-state index in [-0.39, 0.29) is 24.3 Å². The van der Waals surface area contributed by atoms with Crippen LogP contribution in [0.3, 0.4) is 0 Å². The lowest BCUT2D eigenvalue weighted by atomic mass is 10.2. The van der Waals surface area contributed by atoms with Crippen LogP contribution >= 0.6 is 15.9 Å². The maximum atomic E-state index is 11.2. The minimum atomic E-state index is -1.11. The molecule has 1 aliphatic rings. The van der Waals surface area contributed by atoms with E-state index in [1.807, 2.05) is 0 Å². The van der Waals surface area contributed by atoms with Gasteiger partial charge < -0.3 is 15.1 Å². The molecule has 0 saturated carbocycles. The molecule has 19 heavy (non-hydrogen) atoms. The molecule has 102 valence electrons. The highest BCUT2D eigenvalue weighted by atomic mass is 79.9. The Balaban J connectivity index is 2.47. The van der Waals surface area contributed by atoms with Crippen molar-refractivity contribution in [3.8, 4) is 0 Å². The van der Waals surface area contributed by atoms with Gasteiger partial charge in [-0.05, 0) is 12.1 Å². The second kappa shape index (κ2) is 5.14. The summed E-state index contributed by atoms with van der Waals surface area (Å²) >= 11 is 3.21. The van der Waals surface area contributed by atoms with Crippen molar-refractivity contribution in [3.63, 3.8) is 0 Å². The van der Waals surface area contributed by atoms with Crippen LogP contribution in [0.25, 0.3) is 0 Å². The first-order valence-electron chi connectivity index (χ1n) is 5.51. The first-order valence-corrected chi connectivity index (χ1v) is 6.31. The van der Waals surface area contributed by atoms with Crippen molar-refractivity contribution in [1.29, 1.82) is 0 Å². The first kappa shape index (κ1) is 13.8. The van der Waals surface area contributed by atoms with Crippen molar-refractivity contribution in [2.45, 2.75) is 18.6 Å². The summed E-state index contributed by atoms with van der Waals surface area (Å²) in [4.78, 5) is 23.0. The van der Waals surface area contributed by atoms with Gasteiger partial charge in [0.15, 0.2) is 0 Å². The summed E-state index contributed by atoms with van der Waals surface area (Å²) in [6.45, 7) is 0.0638. The quantitative estimate of drug-likeness (QED) is 0.641. The number of carboxylic acids is 1. The van der Waals surface area contributed by atoms with Crippen LogP contribution in [-0.2, 0) is 4.79 Å². The molecule has 2 rings (SSSR count). The van der Waals surface area contributed by atoms with Gasteiger partial charge in [0.1, 0.15) is 11.7 Å². The predicted molar refractivity (Wildman–Crippen MR) is 70.2 cm³/mol. The van der Waals surface area contributed by atoms with Crippen LogP contribution in [0, 0.1) is 10.1 Å². The number of rotatable bonds is 3. The summed E-state index contributed by atoms with van der Waals surface area (Å²) in [6, 6.07) is 3.36. The topological polar surface area (TPSA) is 104 Å². The van der Waals surface area contributed by atoms with Crippen molar-refractivity contribution in [2.75, 3.05) is 11.4 Å². The standard InChI is InChI=1S/C11H11BrN2O5/c12-6-1-2-8(14(18)19)9(3-6)13-5-7(15)4-10(13)11(16)17/h1-3,7,10,15H,4-5H2,(H,16,17). The van der Waals surface area contributed by atoms with Crippen molar-refractivity contribution < 1.29 is 19.9 Å². The molecule has 1 heterocycles. The van der Waals surface area contributed by atoms with E-state index >= 15 is 0 Å². The highest BCUT2D eigenvalue weighted by Gasteiger charge is 2.38. The molecule has 1 aromatic carbocycles. The third-order valence-electron chi connectivity index (χ3n) is 3.01. The molecule has 0 amide bonds. The number of hydrogen-bond acceptors (Lipinski definition) is 5. The number of nitrogens with zero attached hydrogens (tertiary/aromatic N) is 2. The van der Waals surface area contributed by atoms with Gasteiger partial charge in [-0.1, -0.05) is 15.9 Å². The van der Waals surface area contributed by atoms with E-state index in [4.69, 9.17) is 5.11 Å². The molecule has 0 radical (unpaired) electrons. The normalized spacial score (nSPS) is 22.5. The third-order valence-corrected chi connectivity index (χ3v) is 3.50. The smallest absolute Gasteiger partial charge is 0.326 e. The molecular weight excluding hydrogens is 320 g/mol. The summed E-state index contributed by atoms with van der Waals surface area (Å²) in [5.74, 6) is -1.11. The zero-order chi connectivity index (χ0) is 14.2. The summed E-state index contributed by atoms with van der Waals surface area (Å²) < 4.78 is 0.610. The van der Waals surface area contributed by atoms with Crippen LogP contribution in [-0.4, -0.2) is 39.8 Å². The van der Waals surface area contributed by atoms with Gasteiger partial charge >= 0.3 is 5.97 Å². The molecule has 2 unspecified atom stereocenters. The highest BCUT2D eigenvalue weighted by Crippen LogP contribution is 2.35. The molecule has 7 nitrogen and oxygen atoms in total. The van der Waals surface area contributed by atoms with Crippen LogP contribution in [0.15, 0.2) is 22.7 Å². The van der Waals surface area contributed by atoms with E-state index in [0.717, 1.165) is 0 Å². The number of benzene rings is 1. The molecule has 1 saturated heterocycles. The fourth-order valence-corrected chi connectivity index (χ4v) is 2.54. The number of anilines is 1. The molecule has 1 aromatic rings. The Kier molecular flexibility index (Phi) is 3.72. The van der Waals surface area contributed by atoms with Crippen LogP contribution in [0.1, 0.15) is 6.42 Å². The lowest BCUT2D eigenvalue weighted by Crippen LogP contribution is -2.36. The van der Waals surface area contributed by atoms with Crippen LogP contribution in [0.4, 0.5) is 11.4 Å².